The lowest BCUT2D eigenvalue weighted by atomic mass is 10.1. The van der Waals surface area contributed by atoms with Crippen molar-refractivity contribution in [2.24, 2.45) is 0 Å². The molecule has 0 radical (unpaired) electrons. The van der Waals surface area contributed by atoms with E-state index < -0.39 is 23.3 Å². The Morgan fingerprint density at radius 2 is 2.00 bits per heavy atom. The Kier molecular flexibility index (Phi) is 4.14. The maximum atomic E-state index is 13.6. The molecular formula is C15H10F2N2O2. The van der Waals surface area contributed by atoms with Gasteiger partial charge in [0.2, 0.25) is 0 Å². The number of halogens is 2. The second-order valence-electron chi connectivity index (χ2n) is 4.26. The van der Waals surface area contributed by atoms with Crippen molar-refractivity contribution in [2.75, 3.05) is 0 Å². The van der Waals surface area contributed by atoms with Gasteiger partial charge in [-0.3, -0.25) is 4.79 Å². The molecule has 2 aromatic carbocycles. The second-order valence-corrected chi connectivity index (χ2v) is 4.26. The van der Waals surface area contributed by atoms with Crippen LogP contribution >= 0.6 is 0 Å². The van der Waals surface area contributed by atoms with Crippen molar-refractivity contribution in [3.05, 3.63) is 64.7 Å². The number of aromatic hydroxyl groups is 1. The molecule has 0 aliphatic carbocycles. The molecule has 4 nitrogen and oxygen atoms in total. The van der Waals surface area contributed by atoms with Gasteiger partial charge in [0.25, 0.3) is 5.91 Å². The van der Waals surface area contributed by atoms with Crippen LogP contribution in [0.1, 0.15) is 21.5 Å². The van der Waals surface area contributed by atoms with Crippen LogP contribution in [0.15, 0.2) is 36.4 Å². The molecule has 2 rings (SSSR count). The number of phenols is 1. The molecule has 0 aromatic heterocycles. The smallest absolute Gasteiger partial charge is 0.255 e. The number of nitrogens with one attached hydrogen (secondary N) is 1. The number of amides is 1. The van der Waals surface area contributed by atoms with Gasteiger partial charge in [0.15, 0.2) is 0 Å². The van der Waals surface area contributed by atoms with Crippen LogP contribution in [0.4, 0.5) is 8.78 Å². The van der Waals surface area contributed by atoms with E-state index in [1.807, 2.05) is 0 Å². The highest BCUT2D eigenvalue weighted by atomic mass is 19.1. The molecule has 0 atom stereocenters. The van der Waals surface area contributed by atoms with Crippen molar-refractivity contribution in [3.63, 3.8) is 0 Å². The first kappa shape index (κ1) is 14.5. The summed E-state index contributed by atoms with van der Waals surface area (Å²) in [4.78, 5) is 11.8. The number of hydrogen-bond donors (Lipinski definition) is 2. The molecular weight excluding hydrogens is 278 g/mol. The van der Waals surface area contributed by atoms with Gasteiger partial charge in [0, 0.05) is 18.2 Å². The maximum absolute atomic E-state index is 13.6. The Bertz CT molecular complexity index is 739. The Hall–Kier alpha value is -2.94. The van der Waals surface area contributed by atoms with Crippen molar-refractivity contribution in [1.82, 2.24) is 5.32 Å². The average molecular weight is 288 g/mol. The Morgan fingerprint density at radius 3 is 2.62 bits per heavy atom. The molecule has 106 valence electrons. The fraction of sp³-hybridized carbons (Fsp3) is 0.0667. The lowest BCUT2D eigenvalue weighted by Gasteiger charge is -2.08. The van der Waals surface area contributed by atoms with Gasteiger partial charge in [-0.15, -0.1) is 0 Å². The van der Waals surface area contributed by atoms with E-state index in [0.29, 0.717) is 0 Å². The first-order valence-electron chi connectivity index (χ1n) is 5.96. The quantitative estimate of drug-likeness (QED) is 0.911. The summed E-state index contributed by atoms with van der Waals surface area (Å²) >= 11 is 0. The van der Waals surface area contributed by atoms with E-state index in [-0.39, 0.29) is 23.2 Å². The lowest BCUT2D eigenvalue weighted by Crippen LogP contribution is -2.23. The third-order valence-corrected chi connectivity index (χ3v) is 2.83. The van der Waals surface area contributed by atoms with E-state index >= 15 is 0 Å². The van der Waals surface area contributed by atoms with Gasteiger partial charge >= 0.3 is 0 Å². The van der Waals surface area contributed by atoms with Crippen LogP contribution in [0.25, 0.3) is 0 Å². The summed E-state index contributed by atoms with van der Waals surface area (Å²) in [5, 5.41) is 20.5. The van der Waals surface area contributed by atoms with Crippen LogP contribution in [-0.2, 0) is 6.54 Å². The molecule has 0 heterocycles. The van der Waals surface area contributed by atoms with Crippen LogP contribution < -0.4 is 5.32 Å². The summed E-state index contributed by atoms with van der Waals surface area (Å²) in [7, 11) is 0. The molecule has 0 spiro atoms. The summed E-state index contributed by atoms with van der Waals surface area (Å²) in [5.41, 5.74) is 0.271. The van der Waals surface area contributed by atoms with E-state index in [2.05, 4.69) is 5.32 Å². The molecule has 0 aliphatic heterocycles. The molecule has 0 bridgehead atoms. The number of carbonyl (C=O) groups is 1. The van der Waals surface area contributed by atoms with Crippen LogP contribution in [0.3, 0.4) is 0 Å². The zero-order chi connectivity index (χ0) is 15.4. The van der Waals surface area contributed by atoms with Crippen molar-refractivity contribution < 1.29 is 18.7 Å². The molecule has 6 heteroatoms. The Morgan fingerprint density at radius 1 is 1.24 bits per heavy atom. The van der Waals surface area contributed by atoms with Crippen molar-refractivity contribution >= 4 is 5.91 Å². The molecule has 0 saturated heterocycles. The standard InChI is InChI=1S/C15H10F2N2O2/c16-11-3-4-12(14(20)6-11)15(21)19-8-10-2-1-9(7-18)5-13(10)17/h1-6,20H,8H2,(H,19,21). The topological polar surface area (TPSA) is 73.1 Å². The fourth-order valence-electron chi connectivity index (χ4n) is 1.73. The van der Waals surface area contributed by atoms with Gasteiger partial charge in [0.1, 0.15) is 17.4 Å². The van der Waals surface area contributed by atoms with Gasteiger partial charge < -0.3 is 10.4 Å². The first-order valence-corrected chi connectivity index (χ1v) is 5.96. The number of hydrogen-bond acceptors (Lipinski definition) is 3. The summed E-state index contributed by atoms with van der Waals surface area (Å²) in [5.74, 6) is -2.43. The highest BCUT2D eigenvalue weighted by Crippen LogP contribution is 2.18. The molecule has 0 saturated carbocycles. The van der Waals surface area contributed by atoms with Gasteiger partial charge in [-0.05, 0) is 24.3 Å². The Balaban J connectivity index is 2.09. The maximum Gasteiger partial charge on any atom is 0.255 e. The van der Waals surface area contributed by atoms with Crippen LogP contribution in [0.2, 0.25) is 0 Å². The summed E-state index contributed by atoms with van der Waals surface area (Å²) in [6.45, 7) is -0.118. The van der Waals surface area contributed by atoms with Gasteiger partial charge in [-0.25, -0.2) is 8.78 Å². The predicted octanol–water partition coefficient (Wildman–Crippen LogP) is 2.47. The number of phenolic OH excluding ortho intramolecular Hbond substituents is 1. The summed E-state index contributed by atoms with van der Waals surface area (Å²) in [6.07, 6.45) is 0. The number of carbonyl (C=O) groups excluding carboxylic acids is 1. The molecule has 0 fully saturated rings. The molecule has 2 N–H and O–H groups in total. The van der Waals surface area contributed by atoms with Crippen molar-refractivity contribution in [1.29, 1.82) is 5.26 Å². The highest BCUT2D eigenvalue weighted by Gasteiger charge is 2.12. The second kappa shape index (κ2) is 6.01. The van der Waals surface area contributed by atoms with E-state index in [0.717, 1.165) is 24.3 Å². The highest BCUT2D eigenvalue weighted by molar-refractivity contribution is 5.96. The third-order valence-electron chi connectivity index (χ3n) is 2.83. The summed E-state index contributed by atoms with van der Waals surface area (Å²) in [6, 6.07) is 8.68. The number of benzene rings is 2. The SMILES string of the molecule is N#Cc1ccc(CNC(=O)c2ccc(F)cc2O)c(F)c1. The summed E-state index contributed by atoms with van der Waals surface area (Å²) < 4.78 is 26.4. The van der Waals surface area contributed by atoms with Crippen LogP contribution in [-0.4, -0.2) is 11.0 Å². The molecule has 21 heavy (non-hydrogen) atoms. The van der Waals surface area contributed by atoms with E-state index in [1.54, 1.807) is 6.07 Å². The minimum absolute atomic E-state index is 0.106. The Labute approximate surface area is 119 Å². The molecule has 2 aromatic rings. The zero-order valence-electron chi connectivity index (χ0n) is 10.7. The van der Waals surface area contributed by atoms with Crippen molar-refractivity contribution in [2.45, 2.75) is 6.54 Å². The monoisotopic (exact) mass is 288 g/mol. The van der Waals surface area contributed by atoms with Gasteiger partial charge in [-0.2, -0.15) is 5.26 Å². The lowest BCUT2D eigenvalue weighted by molar-refractivity contribution is 0.0948. The van der Waals surface area contributed by atoms with Crippen LogP contribution in [0.5, 0.6) is 5.75 Å². The molecule has 0 aliphatic rings. The van der Waals surface area contributed by atoms with Crippen molar-refractivity contribution in [3.8, 4) is 11.8 Å². The fourth-order valence-corrected chi connectivity index (χ4v) is 1.73. The average Bonchev–Trinajstić information content (AvgIpc) is 2.45. The number of rotatable bonds is 3. The minimum Gasteiger partial charge on any atom is -0.507 e. The van der Waals surface area contributed by atoms with Crippen LogP contribution in [0, 0.1) is 23.0 Å². The molecule has 0 unspecified atom stereocenters. The van der Waals surface area contributed by atoms with Gasteiger partial charge in [-0.1, -0.05) is 6.07 Å². The predicted molar refractivity (Wildman–Crippen MR) is 70.4 cm³/mol. The normalized spacial score (nSPS) is 9.95. The van der Waals surface area contributed by atoms with E-state index in [9.17, 15) is 18.7 Å². The number of nitrogens with zero attached hydrogens (tertiary/aromatic N) is 1. The van der Waals surface area contributed by atoms with E-state index in [4.69, 9.17) is 5.26 Å². The molecule has 1 amide bonds. The van der Waals surface area contributed by atoms with Gasteiger partial charge in [0.05, 0.1) is 17.2 Å². The third kappa shape index (κ3) is 3.34. The minimum atomic E-state index is -0.665. The largest absolute Gasteiger partial charge is 0.507 e. The first-order chi connectivity index (χ1) is 10.0. The zero-order valence-corrected chi connectivity index (χ0v) is 10.7. The van der Waals surface area contributed by atoms with E-state index in [1.165, 1.54) is 12.1 Å². The number of nitriles is 1.